The predicted octanol–water partition coefficient (Wildman–Crippen LogP) is 3.37. The highest BCUT2D eigenvalue weighted by Gasteiger charge is 2.38. The Labute approximate surface area is 128 Å². The topological polar surface area (TPSA) is 55.8 Å². The number of nitrogens with zero attached hydrogens (tertiary/aromatic N) is 1. The van der Waals surface area contributed by atoms with Gasteiger partial charge in [-0.15, -0.1) is 0 Å². The molecule has 0 bridgehead atoms. The monoisotopic (exact) mass is 299 g/mol. The average molecular weight is 299 g/mol. The van der Waals surface area contributed by atoms with E-state index in [0.29, 0.717) is 19.8 Å². The van der Waals surface area contributed by atoms with E-state index in [4.69, 9.17) is 9.47 Å². The van der Waals surface area contributed by atoms with E-state index in [2.05, 4.69) is 6.92 Å². The molecular formula is C16H29NO4. The second-order valence-electron chi connectivity index (χ2n) is 5.46. The fourth-order valence-corrected chi connectivity index (χ4v) is 2.94. The van der Waals surface area contributed by atoms with Gasteiger partial charge in [0, 0.05) is 12.6 Å². The molecule has 1 aliphatic rings. The van der Waals surface area contributed by atoms with Crippen molar-refractivity contribution in [3.8, 4) is 0 Å². The van der Waals surface area contributed by atoms with E-state index in [1.54, 1.807) is 11.8 Å². The van der Waals surface area contributed by atoms with Crippen LogP contribution in [0.25, 0.3) is 0 Å². The molecule has 1 amide bonds. The lowest BCUT2D eigenvalue weighted by molar-refractivity contribution is -0.151. The van der Waals surface area contributed by atoms with Crippen LogP contribution in [-0.4, -0.2) is 42.8 Å². The van der Waals surface area contributed by atoms with Crippen molar-refractivity contribution in [2.75, 3.05) is 19.8 Å². The van der Waals surface area contributed by atoms with Crippen molar-refractivity contribution in [3.63, 3.8) is 0 Å². The minimum Gasteiger partial charge on any atom is -0.466 e. The summed E-state index contributed by atoms with van der Waals surface area (Å²) in [6.45, 7) is 7.10. The van der Waals surface area contributed by atoms with Gasteiger partial charge >= 0.3 is 12.1 Å². The molecule has 0 aromatic heterocycles. The van der Waals surface area contributed by atoms with E-state index in [1.165, 1.54) is 0 Å². The first-order chi connectivity index (χ1) is 10.2. The SMILES string of the molecule is CCCCN(C(=O)OCC)C1CCCCC1C(=O)OCC. The summed E-state index contributed by atoms with van der Waals surface area (Å²) >= 11 is 0. The predicted molar refractivity (Wildman–Crippen MR) is 81.0 cm³/mol. The van der Waals surface area contributed by atoms with Crippen LogP contribution in [0.2, 0.25) is 0 Å². The van der Waals surface area contributed by atoms with Crippen LogP contribution in [0, 0.1) is 5.92 Å². The normalized spacial score (nSPS) is 21.7. The second-order valence-corrected chi connectivity index (χ2v) is 5.46. The first-order valence-corrected chi connectivity index (χ1v) is 8.25. The Bertz CT molecular complexity index is 332. The number of carbonyl (C=O) groups is 2. The van der Waals surface area contributed by atoms with Crippen LogP contribution >= 0.6 is 0 Å². The van der Waals surface area contributed by atoms with Crippen LogP contribution in [0.15, 0.2) is 0 Å². The molecule has 5 nitrogen and oxygen atoms in total. The van der Waals surface area contributed by atoms with Crippen molar-refractivity contribution in [3.05, 3.63) is 0 Å². The van der Waals surface area contributed by atoms with Crippen molar-refractivity contribution < 1.29 is 19.1 Å². The third-order valence-electron chi connectivity index (χ3n) is 3.97. The van der Waals surface area contributed by atoms with Crippen molar-refractivity contribution in [2.24, 2.45) is 5.92 Å². The zero-order valence-corrected chi connectivity index (χ0v) is 13.6. The Morgan fingerprint density at radius 3 is 2.33 bits per heavy atom. The van der Waals surface area contributed by atoms with Crippen LogP contribution < -0.4 is 0 Å². The molecule has 1 fully saturated rings. The van der Waals surface area contributed by atoms with Gasteiger partial charge < -0.3 is 14.4 Å². The quantitative estimate of drug-likeness (QED) is 0.676. The lowest BCUT2D eigenvalue weighted by Crippen LogP contribution is -2.49. The van der Waals surface area contributed by atoms with Gasteiger partial charge in [-0.05, 0) is 33.1 Å². The van der Waals surface area contributed by atoms with Crippen LogP contribution in [0.3, 0.4) is 0 Å². The Morgan fingerprint density at radius 1 is 1.05 bits per heavy atom. The van der Waals surface area contributed by atoms with Gasteiger partial charge in [-0.1, -0.05) is 26.2 Å². The minimum atomic E-state index is -0.299. The van der Waals surface area contributed by atoms with Crippen LogP contribution in [0.5, 0.6) is 0 Å². The maximum Gasteiger partial charge on any atom is 0.410 e. The van der Waals surface area contributed by atoms with Gasteiger partial charge in [-0.2, -0.15) is 0 Å². The van der Waals surface area contributed by atoms with Gasteiger partial charge in [0.15, 0.2) is 0 Å². The lowest BCUT2D eigenvalue weighted by Gasteiger charge is -2.38. The Kier molecular flexibility index (Phi) is 8.16. The minimum absolute atomic E-state index is 0.0802. The van der Waals surface area contributed by atoms with Gasteiger partial charge in [-0.3, -0.25) is 4.79 Å². The summed E-state index contributed by atoms with van der Waals surface area (Å²) in [5.41, 5.74) is 0. The van der Waals surface area contributed by atoms with E-state index in [1.807, 2.05) is 6.92 Å². The molecular weight excluding hydrogens is 270 g/mol. The van der Waals surface area contributed by atoms with Crippen LogP contribution in [0.1, 0.15) is 59.3 Å². The molecule has 2 unspecified atom stereocenters. The molecule has 0 saturated heterocycles. The molecule has 2 atom stereocenters. The van der Waals surface area contributed by atoms with E-state index < -0.39 is 0 Å². The van der Waals surface area contributed by atoms with E-state index in [0.717, 1.165) is 38.5 Å². The number of rotatable bonds is 7. The van der Waals surface area contributed by atoms with Crippen LogP contribution in [0.4, 0.5) is 4.79 Å². The molecule has 1 rings (SSSR count). The third kappa shape index (κ3) is 5.21. The number of hydrogen-bond acceptors (Lipinski definition) is 4. The highest BCUT2D eigenvalue weighted by atomic mass is 16.6. The molecule has 5 heteroatoms. The molecule has 122 valence electrons. The van der Waals surface area contributed by atoms with Crippen molar-refractivity contribution >= 4 is 12.1 Å². The Morgan fingerprint density at radius 2 is 1.71 bits per heavy atom. The summed E-state index contributed by atoms with van der Waals surface area (Å²) in [4.78, 5) is 26.1. The average Bonchev–Trinajstić information content (AvgIpc) is 2.48. The first-order valence-electron chi connectivity index (χ1n) is 8.25. The van der Waals surface area contributed by atoms with Gasteiger partial charge in [-0.25, -0.2) is 4.79 Å². The summed E-state index contributed by atoms with van der Waals surface area (Å²) in [6.07, 6.45) is 5.34. The van der Waals surface area contributed by atoms with E-state index >= 15 is 0 Å². The highest BCUT2D eigenvalue weighted by molar-refractivity contribution is 5.75. The summed E-state index contributed by atoms with van der Waals surface area (Å²) in [5.74, 6) is -0.382. The maximum absolute atomic E-state index is 12.2. The molecule has 0 spiro atoms. The fourth-order valence-electron chi connectivity index (χ4n) is 2.94. The smallest absolute Gasteiger partial charge is 0.410 e. The standard InChI is InChI=1S/C16H29NO4/c1-4-7-12-17(16(19)21-6-3)14-11-9-8-10-13(14)15(18)20-5-2/h13-14H,4-12H2,1-3H3. The van der Waals surface area contributed by atoms with Gasteiger partial charge in [0.25, 0.3) is 0 Å². The second kappa shape index (κ2) is 9.64. The van der Waals surface area contributed by atoms with Crippen molar-refractivity contribution in [1.82, 2.24) is 4.90 Å². The molecule has 0 aromatic carbocycles. The molecule has 0 aromatic rings. The molecule has 1 saturated carbocycles. The van der Waals surface area contributed by atoms with Crippen molar-refractivity contribution in [1.29, 1.82) is 0 Å². The number of amides is 1. The fraction of sp³-hybridized carbons (Fsp3) is 0.875. The van der Waals surface area contributed by atoms with Gasteiger partial charge in [0.2, 0.25) is 0 Å². The molecule has 0 radical (unpaired) electrons. The molecule has 0 heterocycles. The van der Waals surface area contributed by atoms with Crippen LogP contribution in [-0.2, 0) is 14.3 Å². The molecule has 1 aliphatic carbocycles. The molecule has 0 N–H and O–H groups in total. The summed E-state index contributed by atoms with van der Waals surface area (Å²) in [7, 11) is 0. The Hall–Kier alpha value is -1.26. The number of hydrogen-bond donors (Lipinski definition) is 0. The van der Waals surface area contributed by atoms with Gasteiger partial charge in [0.05, 0.1) is 19.1 Å². The maximum atomic E-state index is 12.2. The van der Waals surface area contributed by atoms with Gasteiger partial charge in [0.1, 0.15) is 0 Å². The van der Waals surface area contributed by atoms with E-state index in [-0.39, 0.29) is 24.0 Å². The zero-order chi connectivity index (χ0) is 15.7. The zero-order valence-electron chi connectivity index (χ0n) is 13.6. The number of unbranched alkanes of at least 4 members (excludes halogenated alkanes) is 1. The molecule has 0 aliphatic heterocycles. The summed E-state index contributed by atoms with van der Waals surface area (Å²) < 4.78 is 10.4. The molecule has 21 heavy (non-hydrogen) atoms. The number of carbonyl (C=O) groups excluding carboxylic acids is 2. The van der Waals surface area contributed by atoms with E-state index in [9.17, 15) is 9.59 Å². The summed E-state index contributed by atoms with van der Waals surface area (Å²) in [6, 6.07) is -0.0802. The largest absolute Gasteiger partial charge is 0.466 e. The summed E-state index contributed by atoms with van der Waals surface area (Å²) in [5, 5.41) is 0. The number of ether oxygens (including phenoxy) is 2. The highest BCUT2D eigenvalue weighted by Crippen LogP contribution is 2.30. The first kappa shape index (κ1) is 17.8. The Balaban J connectivity index is 2.83. The van der Waals surface area contributed by atoms with Crippen molar-refractivity contribution in [2.45, 2.75) is 65.3 Å². The third-order valence-corrected chi connectivity index (χ3v) is 3.97. The number of esters is 1. The lowest BCUT2D eigenvalue weighted by atomic mass is 9.83.